The normalized spacial score (nSPS) is 12.3. The number of imidazole rings is 1. The SMILES string of the molecule is CCCc1c(CCC)[n+](C)c(SCC(=O)CCC(NC(=O)C(Cc2ccccc2)NC(=O)OCc2ccccc2)C(=O)[O-])n1C. The van der Waals surface area contributed by atoms with Crippen LogP contribution >= 0.6 is 11.8 Å². The lowest BCUT2D eigenvalue weighted by Gasteiger charge is -2.24. The molecule has 0 aliphatic rings. The van der Waals surface area contributed by atoms with Crippen LogP contribution in [0, 0.1) is 0 Å². The number of thioether (sulfide) groups is 1. The molecule has 0 fully saturated rings. The van der Waals surface area contributed by atoms with Crippen LogP contribution in [-0.2, 0) is 59.1 Å². The third-order valence-corrected chi connectivity index (χ3v) is 8.74. The molecule has 3 rings (SSSR count). The number of nitrogens with zero attached hydrogens (tertiary/aromatic N) is 2. The minimum absolute atomic E-state index is 0.00869. The van der Waals surface area contributed by atoms with Crippen molar-refractivity contribution in [2.24, 2.45) is 14.1 Å². The summed E-state index contributed by atoms with van der Waals surface area (Å²) in [5, 5.41) is 18.0. The van der Waals surface area contributed by atoms with Gasteiger partial charge in [0.1, 0.15) is 29.8 Å². The molecule has 3 aromatic rings. The standard InChI is InChI=1S/C34H44N4O6S/c1-5-13-29-30(14-6-2)38(4)34(37(29)3)45-23-26(39)19-20-27(32(41)42)35-31(40)28(21-24-15-9-7-10-16-24)36-33(43)44-22-25-17-11-8-12-18-25/h7-12,15-18,27-28H,5-6,13-14,19-23H2,1-4H3,(H2-,35,36,40,41,42,43). The molecule has 0 radical (unpaired) electrons. The number of carbonyl (C=O) groups excluding carboxylic acids is 4. The summed E-state index contributed by atoms with van der Waals surface area (Å²) in [5.74, 6) is -2.19. The Balaban J connectivity index is 1.61. The van der Waals surface area contributed by atoms with Gasteiger partial charge in [-0.1, -0.05) is 74.5 Å². The molecule has 0 bridgehead atoms. The molecule has 2 aromatic carbocycles. The molecule has 2 amide bonds. The smallest absolute Gasteiger partial charge is 0.408 e. The maximum atomic E-state index is 13.3. The number of aliphatic carboxylic acids is 1. The monoisotopic (exact) mass is 636 g/mol. The van der Waals surface area contributed by atoms with Crippen LogP contribution in [-0.4, -0.2) is 46.2 Å². The van der Waals surface area contributed by atoms with Gasteiger partial charge in [-0.25, -0.2) is 13.9 Å². The van der Waals surface area contributed by atoms with Crippen molar-refractivity contribution in [3.8, 4) is 0 Å². The zero-order chi connectivity index (χ0) is 32.8. The van der Waals surface area contributed by atoms with Gasteiger partial charge in [0.25, 0.3) is 0 Å². The quantitative estimate of drug-likeness (QED) is 0.162. The van der Waals surface area contributed by atoms with Crippen LogP contribution in [0.5, 0.6) is 0 Å². The van der Waals surface area contributed by atoms with Crippen molar-refractivity contribution in [1.29, 1.82) is 0 Å². The number of benzene rings is 2. The predicted molar refractivity (Wildman–Crippen MR) is 170 cm³/mol. The first-order valence-electron chi connectivity index (χ1n) is 15.4. The molecular formula is C34H44N4O6S. The Labute approximate surface area is 269 Å². The van der Waals surface area contributed by atoms with E-state index < -0.39 is 30.1 Å². The molecular weight excluding hydrogens is 592 g/mol. The molecule has 1 heterocycles. The van der Waals surface area contributed by atoms with E-state index in [-0.39, 0.29) is 37.4 Å². The molecule has 0 saturated heterocycles. The van der Waals surface area contributed by atoms with E-state index in [0.717, 1.165) is 42.0 Å². The third kappa shape index (κ3) is 10.8. The molecule has 0 saturated carbocycles. The first-order valence-corrected chi connectivity index (χ1v) is 16.4. The Morgan fingerprint density at radius 3 is 2.13 bits per heavy atom. The zero-order valence-corrected chi connectivity index (χ0v) is 27.4. The van der Waals surface area contributed by atoms with Gasteiger partial charge in [-0.3, -0.25) is 9.59 Å². The van der Waals surface area contributed by atoms with Crippen LogP contribution < -0.4 is 20.3 Å². The van der Waals surface area contributed by atoms with Gasteiger partial charge in [0.15, 0.2) is 0 Å². The second kappa shape index (κ2) is 18.0. The highest BCUT2D eigenvalue weighted by molar-refractivity contribution is 7.99. The summed E-state index contributed by atoms with van der Waals surface area (Å²) in [6, 6.07) is 15.6. The van der Waals surface area contributed by atoms with Crippen molar-refractivity contribution in [1.82, 2.24) is 15.2 Å². The van der Waals surface area contributed by atoms with E-state index in [1.807, 2.05) is 38.4 Å². The van der Waals surface area contributed by atoms with Crippen LogP contribution in [0.25, 0.3) is 0 Å². The van der Waals surface area contributed by atoms with Gasteiger partial charge in [-0.15, -0.1) is 0 Å². The van der Waals surface area contributed by atoms with Gasteiger partial charge in [-0.05, 0) is 42.2 Å². The first-order chi connectivity index (χ1) is 21.6. The molecule has 0 aliphatic heterocycles. The van der Waals surface area contributed by atoms with E-state index in [4.69, 9.17) is 4.74 Å². The lowest BCUT2D eigenvalue weighted by atomic mass is 10.0. The molecule has 1 aromatic heterocycles. The number of carboxylic acids is 1. The van der Waals surface area contributed by atoms with Crippen molar-refractivity contribution in [2.75, 3.05) is 5.75 Å². The highest BCUT2D eigenvalue weighted by atomic mass is 32.2. The fourth-order valence-electron chi connectivity index (χ4n) is 5.14. The van der Waals surface area contributed by atoms with Crippen molar-refractivity contribution in [2.45, 2.75) is 82.6 Å². The summed E-state index contributed by atoms with van der Waals surface area (Å²) in [7, 11) is 4.02. The number of Topliss-reactive ketones (excluding diaryl/α,β-unsaturated/α-hetero) is 1. The lowest BCUT2D eigenvalue weighted by molar-refractivity contribution is -0.716. The maximum absolute atomic E-state index is 13.3. The highest BCUT2D eigenvalue weighted by Crippen LogP contribution is 2.21. The summed E-state index contributed by atoms with van der Waals surface area (Å²) in [6.07, 6.45) is 3.04. The molecule has 0 aliphatic carbocycles. The number of carboxylic acid groups (broad SMARTS) is 1. The van der Waals surface area contributed by atoms with E-state index >= 15 is 0 Å². The molecule has 45 heavy (non-hydrogen) atoms. The zero-order valence-electron chi connectivity index (χ0n) is 26.5. The summed E-state index contributed by atoms with van der Waals surface area (Å²) in [5.41, 5.74) is 4.06. The molecule has 2 unspecified atom stereocenters. The maximum Gasteiger partial charge on any atom is 0.408 e. The van der Waals surface area contributed by atoms with E-state index in [0.29, 0.717) is 0 Å². The highest BCUT2D eigenvalue weighted by Gasteiger charge is 2.28. The summed E-state index contributed by atoms with van der Waals surface area (Å²) in [4.78, 5) is 50.7. The largest absolute Gasteiger partial charge is 0.548 e. The average Bonchev–Trinajstić information content (AvgIpc) is 3.25. The number of amides is 2. The van der Waals surface area contributed by atoms with Crippen molar-refractivity contribution in [3.05, 3.63) is 83.2 Å². The summed E-state index contributed by atoms with van der Waals surface area (Å²) >= 11 is 1.42. The number of ketones is 1. The Morgan fingerprint density at radius 1 is 0.911 bits per heavy atom. The fourth-order valence-corrected chi connectivity index (χ4v) is 6.19. The number of alkyl carbamates (subject to hydrolysis) is 1. The summed E-state index contributed by atoms with van der Waals surface area (Å²) < 4.78 is 9.57. The van der Waals surface area contributed by atoms with Crippen LogP contribution in [0.4, 0.5) is 4.79 Å². The topological polar surface area (TPSA) is 133 Å². The predicted octanol–water partition coefficient (Wildman–Crippen LogP) is 2.97. The molecule has 10 nitrogen and oxygen atoms in total. The Hall–Kier alpha value is -4.12. The molecule has 2 N–H and O–H groups in total. The fraction of sp³-hybridized carbons (Fsp3) is 0.441. The van der Waals surface area contributed by atoms with E-state index in [1.54, 1.807) is 36.4 Å². The Kier molecular flexibility index (Phi) is 14.1. The van der Waals surface area contributed by atoms with E-state index in [2.05, 4.69) is 33.6 Å². The van der Waals surface area contributed by atoms with E-state index in [1.165, 1.54) is 23.1 Å². The van der Waals surface area contributed by atoms with Crippen LogP contribution in [0.3, 0.4) is 0 Å². The van der Waals surface area contributed by atoms with Crippen LogP contribution in [0.1, 0.15) is 62.0 Å². The number of carbonyl (C=O) groups is 4. The molecule has 0 spiro atoms. The number of aromatic nitrogens is 2. The third-order valence-electron chi connectivity index (χ3n) is 7.47. The number of hydrogen-bond donors (Lipinski definition) is 2. The van der Waals surface area contributed by atoms with Gasteiger partial charge < -0.3 is 25.3 Å². The molecule has 242 valence electrons. The van der Waals surface area contributed by atoms with Gasteiger partial charge in [-0.2, -0.15) is 0 Å². The average molecular weight is 637 g/mol. The number of nitrogens with one attached hydrogen (secondary N) is 2. The van der Waals surface area contributed by atoms with Crippen LogP contribution in [0.15, 0.2) is 65.8 Å². The van der Waals surface area contributed by atoms with E-state index in [9.17, 15) is 24.3 Å². The minimum atomic E-state index is -1.50. The van der Waals surface area contributed by atoms with Crippen molar-refractivity contribution < 1.29 is 33.6 Å². The first kappa shape index (κ1) is 35.4. The molecule has 2 atom stereocenters. The second-order valence-corrected chi connectivity index (χ2v) is 11.9. The Bertz CT molecular complexity index is 1400. The number of hydrogen-bond acceptors (Lipinski definition) is 7. The minimum Gasteiger partial charge on any atom is -0.548 e. The van der Waals surface area contributed by atoms with Crippen LogP contribution in [0.2, 0.25) is 0 Å². The summed E-state index contributed by atoms with van der Waals surface area (Å²) in [6.45, 7) is 4.29. The Morgan fingerprint density at radius 2 is 1.53 bits per heavy atom. The van der Waals surface area contributed by atoms with Gasteiger partial charge >= 0.3 is 11.2 Å². The van der Waals surface area contributed by atoms with Crippen molar-refractivity contribution in [3.63, 3.8) is 0 Å². The number of rotatable bonds is 18. The number of ether oxygens (including phenoxy) is 1. The van der Waals surface area contributed by atoms with Gasteiger partial charge in [0.05, 0.1) is 31.9 Å². The van der Waals surface area contributed by atoms with Gasteiger partial charge in [0.2, 0.25) is 5.91 Å². The lowest BCUT2D eigenvalue weighted by Crippen LogP contribution is -2.55. The molecule has 11 heteroatoms. The van der Waals surface area contributed by atoms with Gasteiger partial charge in [0, 0.05) is 25.7 Å². The second-order valence-electron chi connectivity index (χ2n) is 11.0. The van der Waals surface area contributed by atoms with Crippen molar-refractivity contribution >= 4 is 35.5 Å².